The average molecular weight is 278 g/mol. The van der Waals surface area contributed by atoms with E-state index in [-0.39, 0.29) is 0 Å². The molecule has 0 aliphatic heterocycles. The van der Waals surface area contributed by atoms with Crippen LogP contribution in [0.5, 0.6) is 0 Å². The van der Waals surface area contributed by atoms with Crippen molar-refractivity contribution in [2.45, 2.75) is 45.6 Å². The lowest BCUT2D eigenvalue weighted by molar-refractivity contribution is 0.222. The Morgan fingerprint density at radius 1 is 1.32 bits per heavy atom. The summed E-state index contributed by atoms with van der Waals surface area (Å²) in [5, 5.41) is 0. The van der Waals surface area contributed by atoms with E-state index in [0.29, 0.717) is 22.1 Å². The number of hydrogen-bond acceptors (Lipinski definition) is 4. The summed E-state index contributed by atoms with van der Waals surface area (Å²) in [4.78, 5) is 11.2. The van der Waals surface area contributed by atoms with Crippen LogP contribution in [0, 0.1) is 5.41 Å². The van der Waals surface area contributed by atoms with E-state index in [1.165, 1.54) is 25.7 Å². The Hall–Kier alpha value is -1.23. The van der Waals surface area contributed by atoms with Gasteiger partial charge >= 0.3 is 0 Å². The second kappa shape index (κ2) is 5.41. The van der Waals surface area contributed by atoms with Crippen LogP contribution in [0.25, 0.3) is 0 Å². The van der Waals surface area contributed by atoms with Gasteiger partial charge in [0.15, 0.2) is 5.82 Å². The van der Waals surface area contributed by atoms with E-state index in [4.69, 9.17) is 18.0 Å². The van der Waals surface area contributed by atoms with Crippen LogP contribution >= 0.6 is 12.2 Å². The van der Waals surface area contributed by atoms with Gasteiger partial charge in [-0.15, -0.1) is 0 Å². The fourth-order valence-corrected chi connectivity index (χ4v) is 2.85. The molecule has 2 N–H and O–H groups in total. The summed E-state index contributed by atoms with van der Waals surface area (Å²) in [6.45, 7) is 4.68. The van der Waals surface area contributed by atoms with E-state index in [1.807, 2.05) is 0 Å². The van der Waals surface area contributed by atoms with E-state index in [1.54, 1.807) is 12.4 Å². The molecule has 0 spiro atoms. The first-order valence-electron chi connectivity index (χ1n) is 6.74. The summed E-state index contributed by atoms with van der Waals surface area (Å²) in [6.07, 6.45) is 8.17. The molecule has 2 rings (SSSR count). The molecule has 1 heterocycles. The summed E-state index contributed by atoms with van der Waals surface area (Å²) >= 11 is 5.06. The molecule has 1 aromatic heterocycles. The standard InChI is InChI=1S/C14H22N4S/c1-14(2)6-4-10(5-7-14)18(3)13-11(12(15)19)16-8-9-17-13/h8-10H,4-7H2,1-3H3,(H2,15,19). The van der Waals surface area contributed by atoms with Gasteiger partial charge in [0, 0.05) is 25.5 Å². The van der Waals surface area contributed by atoms with E-state index in [0.717, 1.165) is 5.82 Å². The maximum absolute atomic E-state index is 5.73. The quantitative estimate of drug-likeness (QED) is 0.861. The Balaban J connectivity index is 2.17. The van der Waals surface area contributed by atoms with Gasteiger partial charge in [-0.2, -0.15) is 0 Å². The molecule has 104 valence electrons. The molecular weight excluding hydrogens is 256 g/mol. The monoisotopic (exact) mass is 278 g/mol. The third-order valence-electron chi connectivity index (χ3n) is 4.10. The van der Waals surface area contributed by atoms with Gasteiger partial charge in [-0.25, -0.2) is 9.97 Å². The lowest BCUT2D eigenvalue weighted by Crippen LogP contribution is -2.38. The highest BCUT2D eigenvalue weighted by molar-refractivity contribution is 7.80. The van der Waals surface area contributed by atoms with Crippen LogP contribution in [0.2, 0.25) is 0 Å². The Bertz CT molecular complexity index is 462. The lowest BCUT2D eigenvalue weighted by atomic mass is 9.75. The van der Waals surface area contributed by atoms with Crippen LogP contribution in [0.4, 0.5) is 5.82 Å². The maximum Gasteiger partial charge on any atom is 0.157 e. The largest absolute Gasteiger partial charge is 0.388 e. The van der Waals surface area contributed by atoms with Crippen LogP contribution in [0.3, 0.4) is 0 Å². The summed E-state index contributed by atoms with van der Waals surface area (Å²) in [5.41, 5.74) is 6.82. The topological polar surface area (TPSA) is 55.0 Å². The number of rotatable bonds is 3. The molecule has 0 bridgehead atoms. The lowest BCUT2D eigenvalue weighted by Gasteiger charge is -2.39. The number of anilines is 1. The molecule has 19 heavy (non-hydrogen) atoms. The first-order chi connectivity index (χ1) is 8.91. The summed E-state index contributed by atoms with van der Waals surface area (Å²) in [6, 6.07) is 0.498. The molecule has 0 atom stereocenters. The van der Waals surface area contributed by atoms with E-state index >= 15 is 0 Å². The zero-order valence-electron chi connectivity index (χ0n) is 11.9. The molecule has 4 nitrogen and oxygen atoms in total. The Labute approximate surface area is 120 Å². The predicted molar refractivity (Wildman–Crippen MR) is 82.4 cm³/mol. The van der Waals surface area contributed by atoms with Crippen molar-refractivity contribution >= 4 is 23.0 Å². The summed E-state index contributed by atoms with van der Waals surface area (Å²) < 4.78 is 0. The third-order valence-corrected chi connectivity index (χ3v) is 4.30. The molecule has 1 aliphatic carbocycles. The molecule has 0 aromatic carbocycles. The van der Waals surface area contributed by atoms with Gasteiger partial charge in [-0.1, -0.05) is 26.1 Å². The second-order valence-corrected chi connectivity index (χ2v) is 6.54. The number of hydrogen-bond donors (Lipinski definition) is 1. The van der Waals surface area contributed by atoms with E-state index in [9.17, 15) is 0 Å². The van der Waals surface area contributed by atoms with Crippen molar-refractivity contribution in [3.05, 3.63) is 18.1 Å². The molecular formula is C14H22N4S. The Kier molecular flexibility index (Phi) is 4.04. The summed E-state index contributed by atoms with van der Waals surface area (Å²) in [7, 11) is 2.06. The minimum atomic E-state index is 0.311. The molecule has 0 unspecified atom stereocenters. The van der Waals surface area contributed by atoms with Crippen LogP contribution < -0.4 is 10.6 Å². The van der Waals surface area contributed by atoms with Crippen LogP contribution in [0.15, 0.2) is 12.4 Å². The number of nitrogens with zero attached hydrogens (tertiary/aromatic N) is 3. The normalized spacial score (nSPS) is 19.1. The van der Waals surface area contributed by atoms with Crippen molar-refractivity contribution in [3.8, 4) is 0 Å². The molecule has 0 amide bonds. The zero-order valence-corrected chi connectivity index (χ0v) is 12.7. The average Bonchev–Trinajstić information content (AvgIpc) is 2.38. The van der Waals surface area contributed by atoms with Gasteiger partial charge in [0.25, 0.3) is 0 Å². The van der Waals surface area contributed by atoms with Crippen molar-refractivity contribution in [1.82, 2.24) is 9.97 Å². The molecule has 0 radical (unpaired) electrons. The van der Waals surface area contributed by atoms with Crippen molar-refractivity contribution in [1.29, 1.82) is 0 Å². The molecule has 1 saturated carbocycles. The van der Waals surface area contributed by atoms with E-state index in [2.05, 4.69) is 35.8 Å². The summed E-state index contributed by atoms with van der Waals surface area (Å²) in [5.74, 6) is 0.805. The van der Waals surface area contributed by atoms with Gasteiger partial charge in [0.2, 0.25) is 0 Å². The SMILES string of the molecule is CN(c1nccnc1C(N)=S)C1CCC(C)(C)CC1. The highest BCUT2D eigenvalue weighted by atomic mass is 32.1. The van der Waals surface area contributed by atoms with Crippen molar-refractivity contribution in [2.24, 2.45) is 11.1 Å². The van der Waals surface area contributed by atoms with Gasteiger partial charge in [0.1, 0.15) is 10.7 Å². The molecule has 1 fully saturated rings. The van der Waals surface area contributed by atoms with Crippen LogP contribution in [0.1, 0.15) is 45.2 Å². The molecule has 5 heteroatoms. The van der Waals surface area contributed by atoms with Crippen molar-refractivity contribution in [2.75, 3.05) is 11.9 Å². The van der Waals surface area contributed by atoms with Gasteiger partial charge in [-0.3, -0.25) is 0 Å². The number of thiocarbonyl (C=S) groups is 1. The molecule has 1 aromatic rings. The second-order valence-electron chi connectivity index (χ2n) is 6.10. The van der Waals surface area contributed by atoms with Crippen molar-refractivity contribution < 1.29 is 0 Å². The fraction of sp³-hybridized carbons (Fsp3) is 0.643. The van der Waals surface area contributed by atoms with Crippen LogP contribution in [-0.2, 0) is 0 Å². The van der Waals surface area contributed by atoms with Crippen molar-refractivity contribution in [3.63, 3.8) is 0 Å². The Morgan fingerprint density at radius 3 is 2.47 bits per heavy atom. The van der Waals surface area contributed by atoms with Crippen LogP contribution in [-0.4, -0.2) is 28.0 Å². The minimum Gasteiger partial charge on any atom is -0.388 e. The predicted octanol–water partition coefficient (Wildman–Crippen LogP) is 2.52. The molecule has 1 aliphatic rings. The van der Waals surface area contributed by atoms with E-state index < -0.39 is 0 Å². The molecule has 0 saturated heterocycles. The minimum absolute atomic E-state index is 0.311. The first-order valence-corrected chi connectivity index (χ1v) is 7.15. The van der Waals surface area contributed by atoms with Gasteiger partial charge < -0.3 is 10.6 Å². The maximum atomic E-state index is 5.73. The zero-order chi connectivity index (χ0) is 14.0. The third kappa shape index (κ3) is 3.21. The number of nitrogens with two attached hydrogens (primary N) is 1. The fourth-order valence-electron chi connectivity index (χ4n) is 2.71. The van der Waals surface area contributed by atoms with Gasteiger partial charge in [0.05, 0.1) is 0 Å². The highest BCUT2D eigenvalue weighted by Gasteiger charge is 2.30. The highest BCUT2D eigenvalue weighted by Crippen LogP contribution is 2.37. The Morgan fingerprint density at radius 2 is 1.89 bits per heavy atom. The number of aromatic nitrogens is 2. The first kappa shape index (κ1) is 14.2. The smallest absolute Gasteiger partial charge is 0.157 e. The van der Waals surface area contributed by atoms with Gasteiger partial charge in [-0.05, 0) is 31.1 Å².